The SMILES string of the molecule is O=C(NCC1CCCCC1O)C1CCCCN1. The molecule has 2 fully saturated rings. The van der Waals surface area contributed by atoms with Gasteiger partial charge in [0.05, 0.1) is 12.1 Å². The van der Waals surface area contributed by atoms with E-state index < -0.39 is 0 Å². The molecule has 4 heteroatoms. The number of aliphatic hydroxyl groups excluding tert-OH is 1. The van der Waals surface area contributed by atoms with Crippen LogP contribution in [-0.4, -0.2) is 36.2 Å². The van der Waals surface area contributed by atoms with E-state index in [2.05, 4.69) is 10.6 Å². The Hall–Kier alpha value is -0.610. The average Bonchev–Trinajstić information content (AvgIpc) is 2.38. The van der Waals surface area contributed by atoms with Crippen molar-refractivity contribution in [3.05, 3.63) is 0 Å². The van der Waals surface area contributed by atoms with Crippen LogP contribution in [0.15, 0.2) is 0 Å². The Labute approximate surface area is 103 Å². The summed E-state index contributed by atoms with van der Waals surface area (Å²) in [7, 11) is 0. The summed E-state index contributed by atoms with van der Waals surface area (Å²) in [5.74, 6) is 0.374. The normalized spacial score (nSPS) is 34.3. The van der Waals surface area contributed by atoms with Crippen LogP contribution in [0.4, 0.5) is 0 Å². The number of carbonyl (C=O) groups excluding carboxylic acids is 1. The van der Waals surface area contributed by atoms with Gasteiger partial charge in [-0.15, -0.1) is 0 Å². The molecule has 1 saturated carbocycles. The van der Waals surface area contributed by atoms with Gasteiger partial charge >= 0.3 is 0 Å². The first-order valence-corrected chi connectivity index (χ1v) is 6.96. The van der Waals surface area contributed by atoms with Crippen molar-refractivity contribution in [3.8, 4) is 0 Å². The van der Waals surface area contributed by atoms with Gasteiger partial charge < -0.3 is 15.7 Å². The highest BCUT2D eigenvalue weighted by Crippen LogP contribution is 2.23. The minimum absolute atomic E-state index is 0.00974. The van der Waals surface area contributed by atoms with Crippen molar-refractivity contribution in [3.63, 3.8) is 0 Å². The third-order valence-electron chi connectivity index (χ3n) is 4.03. The fourth-order valence-corrected chi connectivity index (χ4v) is 2.86. The highest BCUT2D eigenvalue weighted by molar-refractivity contribution is 5.81. The van der Waals surface area contributed by atoms with Crippen LogP contribution in [0.5, 0.6) is 0 Å². The van der Waals surface area contributed by atoms with Crippen molar-refractivity contribution in [2.45, 2.75) is 57.1 Å². The zero-order valence-corrected chi connectivity index (χ0v) is 10.5. The van der Waals surface area contributed by atoms with E-state index in [0.717, 1.165) is 38.6 Å². The molecule has 0 spiro atoms. The van der Waals surface area contributed by atoms with Gasteiger partial charge in [-0.25, -0.2) is 0 Å². The molecule has 1 heterocycles. The second kappa shape index (κ2) is 6.36. The number of piperidine rings is 1. The van der Waals surface area contributed by atoms with Gasteiger partial charge in [0.25, 0.3) is 0 Å². The van der Waals surface area contributed by atoms with Crippen molar-refractivity contribution in [2.24, 2.45) is 5.92 Å². The molecule has 2 aliphatic rings. The third kappa shape index (κ3) is 3.68. The minimum atomic E-state index is -0.219. The van der Waals surface area contributed by atoms with Gasteiger partial charge in [0.2, 0.25) is 5.91 Å². The second-order valence-corrected chi connectivity index (χ2v) is 5.36. The molecular weight excluding hydrogens is 216 g/mol. The fourth-order valence-electron chi connectivity index (χ4n) is 2.86. The van der Waals surface area contributed by atoms with E-state index in [1.807, 2.05) is 0 Å². The number of rotatable bonds is 3. The Kier molecular flexibility index (Phi) is 4.80. The molecule has 3 atom stereocenters. The maximum Gasteiger partial charge on any atom is 0.237 e. The molecule has 1 amide bonds. The summed E-state index contributed by atoms with van der Waals surface area (Å²) < 4.78 is 0. The standard InChI is InChI=1S/C13H24N2O2/c16-12-7-2-1-5-10(12)9-15-13(17)11-6-3-4-8-14-11/h10-12,14,16H,1-9H2,(H,15,17). The van der Waals surface area contributed by atoms with E-state index in [-0.39, 0.29) is 24.0 Å². The summed E-state index contributed by atoms with van der Waals surface area (Å²) in [5, 5.41) is 16.1. The van der Waals surface area contributed by atoms with Crippen LogP contribution in [0.1, 0.15) is 44.9 Å². The summed E-state index contributed by atoms with van der Waals surface area (Å²) in [5.41, 5.74) is 0. The van der Waals surface area contributed by atoms with E-state index in [4.69, 9.17) is 0 Å². The zero-order valence-electron chi connectivity index (χ0n) is 10.5. The summed E-state index contributed by atoms with van der Waals surface area (Å²) >= 11 is 0. The Morgan fingerprint density at radius 2 is 1.94 bits per heavy atom. The van der Waals surface area contributed by atoms with Gasteiger partial charge in [0.1, 0.15) is 0 Å². The highest BCUT2D eigenvalue weighted by atomic mass is 16.3. The molecular formula is C13H24N2O2. The predicted octanol–water partition coefficient (Wildman–Crippen LogP) is 0.796. The van der Waals surface area contributed by atoms with Crippen LogP contribution in [-0.2, 0) is 4.79 Å². The maximum atomic E-state index is 11.9. The molecule has 1 saturated heterocycles. The molecule has 3 N–H and O–H groups in total. The molecule has 4 nitrogen and oxygen atoms in total. The Morgan fingerprint density at radius 3 is 2.65 bits per heavy atom. The highest BCUT2D eigenvalue weighted by Gasteiger charge is 2.25. The van der Waals surface area contributed by atoms with Gasteiger partial charge in [0.15, 0.2) is 0 Å². The average molecular weight is 240 g/mol. The molecule has 1 aliphatic carbocycles. The number of aliphatic hydroxyl groups is 1. The van der Waals surface area contributed by atoms with Crippen molar-refractivity contribution in [1.82, 2.24) is 10.6 Å². The van der Waals surface area contributed by atoms with Crippen molar-refractivity contribution >= 4 is 5.91 Å². The lowest BCUT2D eigenvalue weighted by Crippen LogP contribution is -2.48. The van der Waals surface area contributed by atoms with E-state index in [1.165, 1.54) is 12.8 Å². The van der Waals surface area contributed by atoms with Crippen molar-refractivity contribution in [2.75, 3.05) is 13.1 Å². The lowest BCUT2D eigenvalue weighted by Gasteiger charge is -2.29. The Bertz CT molecular complexity index is 252. The van der Waals surface area contributed by atoms with Crippen LogP contribution >= 0.6 is 0 Å². The van der Waals surface area contributed by atoms with Crippen LogP contribution in [0.2, 0.25) is 0 Å². The van der Waals surface area contributed by atoms with Crippen LogP contribution < -0.4 is 10.6 Å². The van der Waals surface area contributed by atoms with Crippen LogP contribution in [0.25, 0.3) is 0 Å². The molecule has 98 valence electrons. The van der Waals surface area contributed by atoms with Crippen molar-refractivity contribution in [1.29, 1.82) is 0 Å². The summed E-state index contributed by atoms with van der Waals surface area (Å²) in [6.45, 7) is 1.59. The lowest BCUT2D eigenvalue weighted by atomic mass is 9.86. The molecule has 0 bridgehead atoms. The Morgan fingerprint density at radius 1 is 1.18 bits per heavy atom. The minimum Gasteiger partial charge on any atom is -0.393 e. The molecule has 3 unspecified atom stereocenters. The molecule has 0 radical (unpaired) electrons. The van der Waals surface area contributed by atoms with E-state index in [0.29, 0.717) is 6.54 Å². The van der Waals surface area contributed by atoms with Gasteiger partial charge in [0, 0.05) is 12.5 Å². The van der Waals surface area contributed by atoms with E-state index in [9.17, 15) is 9.90 Å². The summed E-state index contributed by atoms with van der Waals surface area (Å²) in [6.07, 6.45) is 7.27. The fraction of sp³-hybridized carbons (Fsp3) is 0.923. The maximum absolute atomic E-state index is 11.9. The molecule has 0 aromatic heterocycles. The summed E-state index contributed by atoms with van der Waals surface area (Å²) in [6, 6.07) is -0.00974. The van der Waals surface area contributed by atoms with Crippen LogP contribution in [0.3, 0.4) is 0 Å². The number of amides is 1. The largest absolute Gasteiger partial charge is 0.393 e. The van der Waals surface area contributed by atoms with Gasteiger partial charge in [-0.05, 0) is 32.2 Å². The lowest BCUT2D eigenvalue weighted by molar-refractivity contribution is -0.124. The zero-order chi connectivity index (χ0) is 12.1. The molecule has 1 aliphatic heterocycles. The molecule has 0 aromatic carbocycles. The molecule has 0 aromatic rings. The topological polar surface area (TPSA) is 61.4 Å². The number of carbonyl (C=O) groups is 1. The second-order valence-electron chi connectivity index (χ2n) is 5.36. The predicted molar refractivity (Wildman–Crippen MR) is 66.6 cm³/mol. The van der Waals surface area contributed by atoms with Crippen LogP contribution in [0, 0.1) is 5.92 Å². The Balaban J connectivity index is 1.71. The van der Waals surface area contributed by atoms with E-state index >= 15 is 0 Å². The van der Waals surface area contributed by atoms with Gasteiger partial charge in [-0.2, -0.15) is 0 Å². The quantitative estimate of drug-likeness (QED) is 0.683. The first-order valence-electron chi connectivity index (χ1n) is 6.96. The number of hydrogen-bond acceptors (Lipinski definition) is 3. The first kappa shape index (κ1) is 12.8. The third-order valence-corrected chi connectivity index (χ3v) is 4.03. The molecule has 17 heavy (non-hydrogen) atoms. The molecule has 2 rings (SSSR count). The van der Waals surface area contributed by atoms with Gasteiger partial charge in [-0.1, -0.05) is 19.3 Å². The summed E-state index contributed by atoms with van der Waals surface area (Å²) in [4.78, 5) is 11.9. The van der Waals surface area contributed by atoms with E-state index in [1.54, 1.807) is 0 Å². The number of hydrogen-bond donors (Lipinski definition) is 3. The first-order chi connectivity index (χ1) is 8.27. The number of nitrogens with one attached hydrogen (secondary N) is 2. The monoisotopic (exact) mass is 240 g/mol. The van der Waals surface area contributed by atoms with Crippen molar-refractivity contribution < 1.29 is 9.90 Å². The smallest absolute Gasteiger partial charge is 0.237 e. The van der Waals surface area contributed by atoms with Gasteiger partial charge in [-0.3, -0.25) is 4.79 Å².